The summed E-state index contributed by atoms with van der Waals surface area (Å²) in [7, 11) is 0. The molecule has 0 N–H and O–H groups in total. The number of pyridine rings is 1. The van der Waals surface area contributed by atoms with Gasteiger partial charge < -0.3 is 9.30 Å². The van der Waals surface area contributed by atoms with Gasteiger partial charge in [-0.1, -0.05) is 35.5 Å². The average Bonchev–Trinajstić information content (AvgIpc) is 3.28. The lowest BCUT2D eigenvalue weighted by Gasteiger charge is -2.21. The first-order valence-electron chi connectivity index (χ1n) is 14.0. The highest BCUT2D eigenvalue weighted by Crippen LogP contribution is 2.60. The molecule has 8 rings (SSSR count). The molecule has 222 valence electrons. The molecule has 3 unspecified atom stereocenters. The van der Waals surface area contributed by atoms with Crippen LogP contribution in [-0.2, 0) is 12.6 Å². The van der Waals surface area contributed by atoms with Crippen LogP contribution in [0.1, 0.15) is 47.3 Å². The third-order valence-corrected chi connectivity index (χ3v) is 9.01. The fourth-order valence-corrected chi connectivity index (χ4v) is 6.86. The van der Waals surface area contributed by atoms with E-state index in [4.69, 9.17) is 16.3 Å². The number of hydrogen-bond donors (Lipinski definition) is 0. The van der Waals surface area contributed by atoms with Gasteiger partial charge in [-0.25, -0.2) is 9.67 Å². The lowest BCUT2D eigenvalue weighted by molar-refractivity contribution is -0.141. The van der Waals surface area contributed by atoms with Gasteiger partial charge in [0.25, 0.3) is 5.56 Å². The fourth-order valence-electron chi connectivity index (χ4n) is 6.68. The van der Waals surface area contributed by atoms with Crippen molar-refractivity contribution in [2.24, 2.45) is 10.9 Å². The Balaban J connectivity index is 1.12. The third-order valence-electron chi connectivity index (χ3n) is 8.78. The van der Waals surface area contributed by atoms with Crippen LogP contribution < -0.4 is 10.3 Å². The quantitative estimate of drug-likeness (QED) is 0.139. The monoisotopic (exact) mass is 619 g/mol. The van der Waals surface area contributed by atoms with E-state index < -0.39 is 17.8 Å². The average molecular weight is 620 g/mol. The summed E-state index contributed by atoms with van der Waals surface area (Å²) in [6, 6.07) is 13.2. The van der Waals surface area contributed by atoms with Crippen LogP contribution >= 0.6 is 11.6 Å². The van der Waals surface area contributed by atoms with Crippen molar-refractivity contribution in [3.63, 3.8) is 0 Å². The maximum absolute atomic E-state index is 15.3. The summed E-state index contributed by atoms with van der Waals surface area (Å²) in [4.78, 5) is 18.0. The fraction of sp³-hybridized carbons (Fsp3) is 0.250. The first-order chi connectivity index (χ1) is 21.0. The molecule has 1 aliphatic carbocycles. The number of benzene rings is 2. The van der Waals surface area contributed by atoms with Crippen molar-refractivity contribution < 1.29 is 22.3 Å². The van der Waals surface area contributed by atoms with E-state index >= 15 is 4.39 Å². The van der Waals surface area contributed by atoms with Crippen LogP contribution in [0, 0.1) is 5.92 Å². The highest BCUT2D eigenvalue weighted by Gasteiger charge is 2.55. The number of aliphatic imine (C=N–C) groups is 1. The molecule has 5 heterocycles. The normalized spacial score (nSPS) is 22.0. The molecule has 0 bridgehead atoms. The number of nitrogens with zero attached hydrogens (tertiary/aromatic N) is 5. The van der Waals surface area contributed by atoms with Crippen LogP contribution in [0.15, 0.2) is 82.6 Å². The summed E-state index contributed by atoms with van der Waals surface area (Å²) < 4.78 is 63.5. The van der Waals surface area contributed by atoms with Gasteiger partial charge in [0.2, 0.25) is 5.95 Å². The number of alkyl halides is 3. The van der Waals surface area contributed by atoms with E-state index in [0.717, 1.165) is 40.6 Å². The summed E-state index contributed by atoms with van der Waals surface area (Å²) in [6.45, 7) is 4.41. The molecule has 12 heteroatoms. The summed E-state index contributed by atoms with van der Waals surface area (Å²) in [5.41, 5.74) is 4.28. The van der Waals surface area contributed by atoms with Crippen molar-refractivity contribution in [3.05, 3.63) is 111 Å². The SMILES string of the molecule is C=C1COc2cc(C3=C(F)N=C(C4C5CC5c5cc(-c6cc(Cl)ccc6-n6cc(C(F)(F)F)nn6)cc(=O)n54)C3)ccc2C1. The molecule has 1 saturated carbocycles. The van der Waals surface area contributed by atoms with E-state index in [0.29, 0.717) is 45.4 Å². The van der Waals surface area contributed by atoms with Crippen LogP contribution in [0.4, 0.5) is 17.6 Å². The molecule has 7 nitrogen and oxygen atoms in total. The van der Waals surface area contributed by atoms with Gasteiger partial charge in [-0.2, -0.15) is 17.6 Å². The van der Waals surface area contributed by atoms with Gasteiger partial charge in [0.15, 0.2) is 5.69 Å². The lowest BCUT2D eigenvalue weighted by Crippen LogP contribution is -2.29. The summed E-state index contributed by atoms with van der Waals surface area (Å²) in [5.74, 6) is 0.329. The Morgan fingerprint density at radius 3 is 2.68 bits per heavy atom. The highest BCUT2D eigenvalue weighted by molar-refractivity contribution is 6.31. The minimum Gasteiger partial charge on any atom is -0.489 e. The van der Waals surface area contributed by atoms with E-state index in [1.165, 1.54) is 18.2 Å². The number of aromatic nitrogens is 4. The number of ether oxygens (including phenoxy) is 1. The van der Waals surface area contributed by atoms with E-state index in [1.54, 1.807) is 10.6 Å². The minimum absolute atomic E-state index is 0.0820. The van der Waals surface area contributed by atoms with Crippen molar-refractivity contribution >= 4 is 22.9 Å². The van der Waals surface area contributed by atoms with E-state index in [-0.39, 0.29) is 35.5 Å². The number of allylic oxidation sites excluding steroid dienone is 1. The smallest absolute Gasteiger partial charge is 0.436 e. The summed E-state index contributed by atoms with van der Waals surface area (Å²) >= 11 is 6.28. The van der Waals surface area contributed by atoms with Crippen LogP contribution in [0.3, 0.4) is 0 Å². The maximum Gasteiger partial charge on any atom is 0.436 e. The molecular weight excluding hydrogens is 598 g/mol. The number of halogens is 5. The second-order valence-electron chi connectivity index (χ2n) is 11.6. The predicted molar refractivity (Wildman–Crippen MR) is 156 cm³/mol. The molecule has 3 atom stereocenters. The molecule has 0 spiro atoms. The lowest BCUT2D eigenvalue weighted by atomic mass is 9.95. The Morgan fingerprint density at radius 1 is 1.05 bits per heavy atom. The number of fused-ring (bicyclic) bond motifs is 4. The Morgan fingerprint density at radius 2 is 1.89 bits per heavy atom. The van der Waals surface area contributed by atoms with Crippen LogP contribution in [0.2, 0.25) is 5.02 Å². The van der Waals surface area contributed by atoms with E-state index in [1.807, 2.05) is 24.3 Å². The van der Waals surface area contributed by atoms with Gasteiger partial charge in [-0.3, -0.25) is 4.79 Å². The Kier molecular flexibility index (Phi) is 5.84. The Bertz CT molecular complexity index is 2040. The van der Waals surface area contributed by atoms with Gasteiger partial charge in [0.05, 0.1) is 17.9 Å². The van der Waals surface area contributed by atoms with Gasteiger partial charge in [-0.15, -0.1) is 5.10 Å². The Hall–Kier alpha value is -4.51. The van der Waals surface area contributed by atoms with Crippen molar-refractivity contribution in [3.8, 4) is 22.6 Å². The zero-order valence-corrected chi connectivity index (χ0v) is 23.7. The van der Waals surface area contributed by atoms with Gasteiger partial charge >= 0.3 is 6.18 Å². The zero-order chi connectivity index (χ0) is 30.5. The number of hydrogen-bond acceptors (Lipinski definition) is 5. The van der Waals surface area contributed by atoms with Crippen molar-refractivity contribution in [1.29, 1.82) is 0 Å². The minimum atomic E-state index is -4.66. The molecule has 0 saturated heterocycles. The highest BCUT2D eigenvalue weighted by atomic mass is 35.5. The Labute approximate surface area is 252 Å². The predicted octanol–water partition coefficient (Wildman–Crippen LogP) is 7.10. The zero-order valence-electron chi connectivity index (χ0n) is 22.9. The van der Waals surface area contributed by atoms with E-state index in [9.17, 15) is 18.0 Å². The van der Waals surface area contributed by atoms with Gasteiger partial charge in [-0.05, 0) is 64.9 Å². The number of rotatable bonds is 4. The molecule has 2 aromatic heterocycles. The van der Waals surface area contributed by atoms with Crippen molar-refractivity contribution in [2.75, 3.05) is 6.61 Å². The largest absolute Gasteiger partial charge is 0.489 e. The maximum atomic E-state index is 15.3. The second kappa shape index (κ2) is 9.49. The first kappa shape index (κ1) is 27.1. The molecule has 0 amide bonds. The van der Waals surface area contributed by atoms with Crippen LogP contribution in [-0.4, -0.2) is 31.9 Å². The standard InChI is InChI=1S/C32H22ClF4N5O2/c1-15-6-17-3-2-16(8-27(17)44-14-15)21-12-24(38-31(21)34)30-23-11-22(23)26-7-18(9-29(43)42(26)30)20-10-19(33)4-5-25(20)41-13-28(39-40-41)32(35,36)37/h2-5,7-10,13,22-23,30H,1,6,11-12,14H2. The van der Waals surface area contributed by atoms with Crippen LogP contribution in [0.25, 0.3) is 22.4 Å². The molecule has 2 aromatic carbocycles. The third kappa shape index (κ3) is 4.32. The molecule has 4 aliphatic rings. The molecule has 44 heavy (non-hydrogen) atoms. The summed E-state index contributed by atoms with van der Waals surface area (Å²) in [6.07, 6.45) is -2.06. The first-order valence-corrected chi connectivity index (χ1v) is 14.4. The van der Waals surface area contributed by atoms with Gasteiger partial charge in [0.1, 0.15) is 12.4 Å². The molecule has 0 radical (unpaired) electrons. The van der Waals surface area contributed by atoms with Crippen molar-refractivity contribution in [1.82, 2.24) is 19.6 Å². The molecule has 1 fully saturated rings. The van der Waals surface area contributed by atoms with E-state index in [2.05, 4.69) is 21.9 Å². The molecular formula is C32H22ClF4N5O2. The molecule has 4 aromatic rings. The van der Waals surface area contributed by atoms with Gasteiger partial charge in [0, 0.05) is 52.4 Å². The summed E-state index contributed by atoms with van der Waals surface area (Å²) in [5, 5.41) is 7.27. The second-order valence-corrected chi connectivity index (χ2v) is 12.1. The topological polar surface area (TPSA) is 74.3 Å². The van der Waals surface area contributed by atoms with Crippen LogP contribution in [0.5, 0.6) is 5.75 Å². The molecule has 3 aliphatic heterocycles. The van der Waals surface area contributed by atoms with Crippen molar-refractivity contribution in [2.45, 2.75) is 37.4 Å².